The lowest BCUT2D eigenvalue weighted by molar-refractivity contribution is -0.133. The summed E-state index contributed by atoms with van der Waals surface area (Å²) in [5.41, 5.74) is 8.18. The van der Waals surface area contributed by atoms with Crippen molar-refractivity contribution in [2.45, 2.75) is 19.0 Å². The number of halogens is 2. The number of likely N-dealkylation sites (tertiary alicyclic amines) is 1. The zero-order chi connectivity index (χ0) is 25.2. The Balaban J connectivity index is 0.000000363. The summed E-state index contributed by atoms with van der Waals surface area (Å²) in [6.45, 7) is 0.0982. The molecule has 3 aromatic rings. The van der Waals surface area contributed by atoms with Crippen LogP contribution < -0.4 is 11.1 Å². The van der Waals surface area contributed by atoms with Gasteiger partial charge in [0.2, 0.25) is 5.95 Å². The van der Waals surface area contributed by atoms with Crippen molar-refractivity contribution in [1.82, 2.24) is 19.9 Å². The Morgan fingerprint density at radius 3 is 2.69 bits per heavy atom. The summed E-state index contributed by atoms with van der Waals surface area (Å²) >= 11 is 1.52. The molecule has 0 bridgehead atoms. The van der Waals surface area contributed by atoms with Crippen molar-refractivity contribution in [3.8, 4) is 22.0 Å². The topological polar surface area (TPSA) is 130 Å². The number of aliphatic hydroxyl groups excluding tert-OH is 1. The predicted molar refractivity (Wildman–Crippen MR) is 132 cm³/mol. The van der Waals surface area contributed by atoms with E-state index in [1.54, 1.807) is 19.3 Å². The van der Waals surface area contributed by atoms with Gasteiger partial charge in [0, 0.05) is 43.1 Å². The van der Waals surface area contributed by atoms with E-state index in [9.17, 15) is 13.6 Å². The Morgan fingerprint density at radius 2 is 2.09 bits per heavy atom. The van der Waals surface area contributed by atoms with Gasteiger partial charge in [-0.3, -0.25) is 9.79 Å². The molecule has 4 N–H and O–H groups in total. The molecule has 1 saturated heterocycles. The molecule has 35 heavy (non-hydrogen) atoms. The van der Waals surface area contributed by atoms with Crippen molar-refractivity contribution in [1.29, 1.82) is 0 Å². The van der Waals surface area contributed by atoms with Gasteiger partial charge in [0.15, 0.2) is 0 Å². The molecule has 1 aliphatic rings. The van der Waals surface area contributed by atoms with E-state index in [1.165, 1.54) is 28.7 Å². The monoisotopic (exact) mass is 501 g/mol. The smallest absolute Gasteiger partial charge is 0.257 e. The number of carbonyl (C=O) groups excluding carboxylic acids is 1. The molecule has 2 aromatic heterocycles. The fraction of sp³-hybridized carbons (Fsp3) is 0.261. The molecule has 9 nitrogen and oxygen atoms in total. The van der Waals surface area contributed by atoms with Crippen LogP contribution in [-0.2, 0) is 4.79 Å². The fourth-order valence-electron chi connectivity index (χ4n) is 2.95. The zero-order valence-electron chi connectivity index (χ0n) is 18.9. The Morgan fingerprint density at radius 1 is 1.31 bits per heavy atom. The molecule has 3 heterocycles. The highest BCUT2D eigenvalue weighted by atomic mass is 32.1. The van der Waals surface area contributed by atoms with Crippen LogP contribution in [0.25, 0.3) is 22.0 Å². The number of nitrogens with two attached hydrogens (primary N) is 1. The normalized spacial score (nSPS) is 16.0. The van der Waals surface area contributed by atoms with Gasteiger partial charge in [-0.2, -0.15) is 0 Å². The van der Waals surface area contributed by atoms with E-state index in [2.05, 4.69) is 25.3 Å². The molecule has 4 rings (SSSR count). The highest BCUT2D eigenvalue weighted by molar-refractivity contribution is 7.13. The number of hydrogen-bond acceptors (Lipinski definition) is 9. The van der Waals surface area contributed by atoms with Crippen molar-refractivity contribution >= 4 is 29.4 Å². The fourth-order valence-corrected chi connectivity index (χ4v) is 3.77. The number of aliphatic imine (C=N–C) groups is 1. The second-order valence-electron chi connectivity index (χ2n) is 7.37. The SMILES string of the molecule is CN1CCC(O)C1=O.N/C=C(\C=NCC(F)F)Nc1nccc(-c2csc(-c3ccccc3)n2)n1. The van der Waals surface area contributed by atoms with Gasteiger partial charge in [0.05, 0.1) is 17.9 Å². The zero-order valence-corrected chi connectivity index (χ0v) is 19.7. The van der Waals surface area contributed by atoms with Crippen molar-refractivity contribution in [2.75, 3.05) is 25.5 Å². The lowest BCUT2D eigenvalue weighted by atomic mass is 10.2. The molecular weight excluding hydrogens is 476 g/mol. The summed E-state index contributed by atoms with van der Waals surface area (Å²) in [7, 11) is 1.69. The molecule has 0 aliphatic carbocycles. The van der Waals surface area contributed by atoms with E-state index in [1.807, 2.05) is 35.7 Å². The summed E-state index contributed by atoms with van der Waals surface area (Å²) in [5.74, 6) is 0.118. The second-order valence-corrected chi connectivity index (χ2v) is 8.22. The number of benzene rings is 1. The summed E-state index contributed by atoms with van der Waals surface area (Å²) in [5, 5.41) is 14.4. The number of hydrogen-bond donors (Lipinski definition) is 3. The first kappa shape index (κ1) is 25.8. The quantitative estimate of drug-likeness (QED) is 0.424. The molecule has 1 aromatic carbocycles. The van der Waals surface area contributed by atoms with E-state index in [0.717, 1.165) is 10.6 Å². The highest BCUT2D eigenvalue weighted by Gasteiger charge is 2.26. The number of alkyl halides is 2. The van der Waals surface area contributed by atoms with E-state index < -0.39 is 19.1 Å². The second kappa shape index (κ2) is 12.6. The molecule has 1 fully saturated rings. The molecule has 0 radical (unpaired) electrons. The molecule has 0 spiro atoms. The van der Waals surface area contributed by atoms with Crippen molar-refractivity contribution in [2.24, 2.45) is 10.7 Å². The van der Waals surface area contributed by atoms with Gasteiger partial charge in [-0.05, 0) is 12.5 Å². The number of aliphatic hydroxyl groups is 1. The molecule has 184 valence electrons. The number of thiazole rings is 1. The van der Waals surface area contributed by atoms with Gasteiger partial charge in [0.25, 0.3) is 12.3 Å². The summed E-state index contributed by atoms with van der Waals surface area (Å²) in [4.78, 5) is 28.8. The summed E-state index contributed by atoms with van der Waals surface area (Å²) < 4.78 is 24.3. The van der Waals surface area contributed by atoms with E-state index in [0.29, 0.717) is 30.1 Å². The van der Waals surface area contributed by atoms with Crippen LogP contribution in [-0.4, -0.2) is 69.7 Å². The van der Waals surface area contributed by atoms with Gasteiger partial charge < -0.3 is 21.1 Å². The molecule has 1 amide bonds. The van der Waals surface area contributed by atoms with Gasteiger partial charge in [-0.25, -0.2) is 23.7 Å². The van der Waals surface area contributed by atoms with Gasteiger partial charge in [-0.15, -0.1) is 11.3 Å². The summed E-state index contributed by atoms with van der Waals surface area (Å²) in [6.07, 6.45) is 1.37. The maximum atomic E-state index is 12.2. The molecular formula is C23H25F2N7O2S. The van der Waals surface area contributed by atoms with Crippen molar-refractivity contribution < 1.29 is 18.7 Å². The molecule has 1 unspecified atom stereocenters. The lowest BCUT2D eigenvalue weighted by Gasteiger charge is -2.05. The van der Waals surface area contributed by atoms with Gasteiger partial charge in [0.1, 0.15) is 16.8 Å². The van der Waals surface area contributed by atoms with E-state index >= 15 is 0 Å². The minimum absolute atomic E-state index is 0.148. The minimum Gasteiger partial charge on any atom is -0.403 e. The van der Waals surface area contributed by atoms with Crippen LogP contribution in [0.2, 0.25) is 0 Å². The van der Waals surface area contributed by atoms with E-state index in [4.69, 9.17) is 10.8 Å². The Labute approximate surface area is 205 Å². The van der Waals surface area contributed by atoms with Crippen LogP contribution in [0.4, 0.5) is 14.7 Å². The molecule has 1 atom stereocenters. The number of nitrogens with one attached hydrogen (secondary N) is 1. The van der Waals surface area contributed by atoms with Gasteiger partial charge >= 0.3 is 0 Å². The molecule has 1 aliphatic heterocycles. The van der Waals surface area contributed by atoms with Crippen LogP contribution in [0.1, 0.15) is 6.42 Å². The standard InChI is InChI=1S/C18H16F2N6S.C5H9NO2/c19-16(20)10-22-9-13(8-21)24-18-23-7-6-14(26-18)15-11-27-17(25-15)12-4-2-1-3-5-12;1-6-3-2-4(7)5(6)8/h1-9,11,16H,10,21H2,(H,23,24,26);4,7H,2-3H2,1H3/b13-8+,22-9?;. The number of aromatic nitrogens is 3. The third-order valence-corrected chi connectivity index (χ3v) is 5.64. The van der Waals surface area contributed by atoms with Crippen LogP contribution in [0.5, 0.6) is 0 Å². The number of carbonyl (C=O) groups is 1. The van der Waals surface area contributed by atoms with E-state index in [-0.39, 0.29) is 11.9 Å². The van der Waals surface area contributed by atoms with Crippen LogP contribution in [0, 0.1) is 0 Å². The molecule has 12 heteroatoms. The van der Waals surface area contributed by atoms with Crippen molar-refractivity contribution in [3.05, 3.63) is 59.9 Å². The largest absolute Gasteiger partial charge is 0.403 e. The number of amides is 1. The minimum atomic E-state index is -2.51. The number of anilines is 1. The lowest BCUT2D eigenvalue weighted by Crippen LogP contribution is -2.24. The van der Waals surface area contributed by atoms with Crippen LogP contribution >= 0.6 is 11.3 Å². The Hall–Kier alpha value is -3.77. The first-order valence-corrected chi connectivity index (χ1v) is 11.5. The molecule has 0 saturated carbocycles. The third kappa shape index (κ3) is 7.62. The average molecular weight is 502 g/mol. The number of nitrogens with zero attached hydrogens (tertiary/aromatic N) is 5. The third-order valence-electron chi connectivity index (χ3n) is 4.75. The first-order valence-electron chi connectivity index (χ1n) is 10.6. The van der Waals surface area contributed by atoms with Crippen LogP contribution in [0.3, 0.4) is 0 Å². The predicted octanol–water partition coefficient (Wildman–Crippen LogP) is 3.02. The Bertz CT molecular complexity index is 1160. The Kier molecular flexibility index (Phi) is 9.32. The van der Waals surface area contributed by atoms with Crippen molar-refractivity contribution in [3.63, 3.8) is 0 Å². The number of rotatable bonds is 7. The van der Waals surface area contributed by atoms with Gasteiger partial charge in [-0.1, -0.05) is 30.3 Å². The number of allylic oxidation sites excluding steroid dienone is 1. The highest BCUT2D eigenvalue weighted by Crippen LogP contribution is 2.28. The maximum absolute atomic E-state index is 12.2. The van der Waals surface area contributed by atoms with Crippen LogP contribution in [0.15, 0.2) is 64.9 Å². The summed E-state index contributed by atoms with van der Waals surface area (Å²) in [6, 6.07) is 11.6. The first-order chi connectivity index (χ1) is 16.9. The number of likely N-dealkylation sites (N-methyl/N-ethyl adjacent to an activating group) is 1. The average Bonchev–Trinajstić information content (AvgIpc) is 3.47. The maximum Gasteiger partial charge on any atom is 0.257 e.